The number of hydrogen-bond acceptors (Lipinski definition) is 5. The van der Waals surface area contributed by atoms with Crippen LogP contribution >= 0.6 is 0 Å². The highest BCUT2D eigenvalue weighted by Crippen LogP contribution is 2.28. The third-order valence-corrected chi connectivity index (χ3v) is 6.11. The number of fused-ring (bicyclic) bond motifs is 1. The fourth-order valence-electron chi connectivity index (χ4n) is 4.20. The molecule has 0 aromatic heterocycles. The van der Waals surface area contributed by atoms with Crippen LogP contribution in [0.3, 0.4) is 0 Å². The van der Waals surface area contributed by atoms with Gasteiger partial charge >= 0.3 is 0 Å². The van der Waals surface area contributed by atoms with Crippen LogP contribution < -0.4 is 20.1 Å². The van der Waals surface area contributed by atoms with Crippen LogP contribution in [0.15, 0.2) is 48.2 Å². The van der Waals surface area contributed by atoms with E-state index < -0.39 is 0 Å². The van der Waals surface area contributed by atoms with Crippen LogP contribution in [-0.4, -0.2) is 26.7 Å². The van der Waals surface area contributed by atoms with Crippen molar-refractivity contribution in [3.05, 3.63) is 70.4 Å². The van der Waals surface area contributed by atoms with Crippen molar-refractivity contribution in [2.75, 3.05) is 20.8 Å². The normalized spacial score (nSPS) is 13.9. The minimum Gasteiger partial charge on any atom is -0.493 e. The molecule has 174 valence electrons. The molecular formula is C27H33N3O3. The molecule has 6 nitrogen and oxygen atoms in total. The lowest BCUT2D eigenvalue weighted by Gasteiger charge is -2.21. The van der Waals surface area contributed by atoms with Gasteiger partial charge in [-0.05, 0) is 72.9 Å². The lowest BCUT2D eigenvalue weighted by Crippen LogP contribution is -2.30. The number of nitrogens with one attached hydrogen (secondary N) is 2. The van der Waals surface area contributed by atoms with Gasteiger partial charge in [0.25, 0.3) is 5.91 Å². The van der Waals surface area contributed by atoms with Crippen molar-refractivity contribution in [2.24, 2.45) is 0 Å². The summed E-state index contributed by atoms with van der Waals surface area (Å²) < 4.78 is 10.6. The molecule has 0 saturated heterocycles. The standard InChI is InChI=1S/C27H33N3O3/c1-4-24(22-11-10-20-7-5-6-8-21(20)16-22)30-27(31)23(17-28)18-29-14-13-19-9-12-25(32-2)26(15-19)33-3/h9-12,15-16,18,24,29H,4-8,13-14H2,1-3H3,(H,30,31)/b23-18-. The van der Waals surface area contributed by atoms with Crippen molar-refractivity contribution in [1.82, 2.24) is 10.6 Å². The van der Waals surface area contributed by atoms with Crippen LogP contribution in [0.4, 0.5) is 0 Å². The maximum atomic E-state index is 12.8. The summed E-state index contributed by atoms with van der Waals surface area (Å²) in [5.41, 5.74) is 5.04. The van der Waals surface area contributed by atoms with Crippen LogP contribution in [0.1, 0.15) is 54.5 Å². The zero-order valence-electron chi connectivity index (χ0n) is 19.7. The number of rotatable bonds is 10. The highest BCUT2D eigenvalue weighted by atomic mass is 16.5. The molecule has 0 aliphatic heterocycles. The maximum Gasteiger partial charge on any atom is 0.263 e. The van der Waals surface area contributed by atoms with Crippen LogP contribution in [0.2, 0.25) is 0 Å². The van der Waals surface area contributed by atoms with Crippen LogP contribution in [0, 0.1) is 11.3 Å². The van der Waals surface area contributed by atoms with Gasteiger partial charge in [0.05, 0.1) is 20.3 Å². The molecule has 1 aliphatic rings. The first kappa shape index (κ1) is 24.2. The number of amides is 1. The first-order chi connectivity index (χ1) is 16.1. The molecule has 2 aromatic carbocycles. The zero-order valence-corrected chi connectivity index (χ0v) is 19.7. The lowest BCUT2D eigenvalue weighted by atomic mass is 9.88. The lowest BCUT2D eigenvalue weighted by molar-refractivity contribution is -0.117. The number of nitriles is 1. The van der Waals surface area contributed by atoms with Gasteiger partial charge in [-0.15, -0.1) is 0 Å². The molecule has 3 rings (SSSR count). The number of hydrogen-bond donors (Lipinski definition) is 2. The molecule has 2 aromatic rings. The Balaban J connectivity index is 1.58. The van der Waals surface area contributed by atoms with E-state index in [1.807, 2.05) is 31.2 Å². The van der Waals surface area contributed by atoms with Crippen LogP contribution in [0.25, 0.3) is 0 Å². The second-order valence-electron chi connectivity index (χ2n) is 8.23. The van der Waals surface area contributed by atoms with E-state index in [0.29, 0.717) is 24.5 Å². The molecule has 0 radical (unpaired) electrons. The molecule has 1 aliphatic carbocycles. The van der Waals surface area contributed by atoms with Crippen molar-refractivity contribution in [1.29, 1.82) is 5.26 Å². The molecule has 1 amide bonds. The summed E-state index contributed by atoms with van der Waals surface area (Å²) in [4.78, 5) is 12.8. The third-order valence-electron chi connectivity index (χ3n) is 6.11. The van der Waals surface area contributed by atoms with Crippen molar-refractivity contribution < 1.29 is 14.3 Å². The summed E-state index contributed by atoms with van der Waals surface area (Å²) in [7, 11) is 3.21. The Morgan fingerprint density at radius 3 is 2.55 bits per heavy atom. The highest BCUT2D eigenvalue weighted by Gasteiger charge is 2.18. The smallest absolute Gasteiger partial charge is 0.263 e. The average molecular weight is 448 g/mol. The summed E-state index contributed by atoms with van der Waals surface area (Å²) in [6, 6.07) is 14.2. The number of carbonyl (C=O) groups is 1. The fraction of sp³-hybridized carbons (Fsp3) is 0.407. The topological polar surface area (TPSA) is 83.4 Å². The van der Waals surface area contributed by atoms with E-state index in [9.17, 15) is 10.1 Å². The van der Waals surface area contributed by atoms with E-state index in [4.69, 9.17) is 9.47 Å². The summed E-state index contributed by atoms with van der Waals surface area (Å²) >= 11 is 0. The minimum absolute atomic E-state index is 0.0683. The number of nitrogens with zero attached hydrogens (tertiary/aromatic N) is 1. The molecule has 0 spiro atoms. The summed E-state index contributed by atoms with van der Waals surface area (Å²) in [6.45, 7) is 2.62. The van der Waals surface area contributed by atoms with E-state index in [1.54, 1.807) is 14.2 Å². The number of ether oxygens (including phenoxy) is 2. The van der Waals surface area contributed by atoms with E-state index in [2.05, 4.69) is 28.8 Å². The second kappa shape index (κ2) is 12.0. The summed E-state index contributed by atoms with van der Waals surface area (Å²) in [6.07, 6.45) is 7.66. The highest BCUT2D eigenvalue weighted by molar-refractivity contribution is 5.97. The quantitative estimate of drug-likeness (QED) is 0.321. The number of methoxy groups -OCH3 is 2. The summed E-state index contributed by atoms with van der Waals surface area (Å²) in [5, 5.41) is 15.6. The Morgan fingerprint density at radius 2 is 1.85 bits per heavy atom. The molecule has 0 saturated carbocycles. The first-order valence-corrected chi connectivity index (χ1v) is 11.6. The predicted molar refractivity (Wildman–Crippen MR) is 129 cm³/mol. The molecule has 33 heavy (non-hydrogen) atoms. The minimum atomic E-state index is -0.360. The van der Waals surface area contributed by atoms with Crippen LogP contribution in [0.5, 0.6) is 11.5 Å². The Labute approximate surface area is 196 Å². The average Bonchev–Trinajstić information content (AvgIpc) is 2.86. The number of aryl methyl sites for hydroxylation is 2. The Bertz CT molecular complexity index is 1040. The van der Waals surface area contributed by atoms with Gasteiger partial charge in [0.15, 0.2) is 11.5 Å². The zero-order chi connectivity index (χ0) is 23.6. The van der Waals surface area contributed by atoms with Crippen molar-refractivity contribution in [2.45, 2.75) is 51.5 Å². The Hall–Kier alpha value is -3.46. The van der Waals surface area contributed by atoms with Gasteiger partial charge in [-0.3, -0.25) is 4.79 Å². The molecule has 1 atom stereocenters. The molecule has 2 N–H and O–H groups in total. The molecule has 6 heteroatoms. The van der Waals surface area contributed by atoms with E-state index in [-0.39, 0.29) is 17.5 Å². The fourth-order valence-corrected chi connectivity index (χ4v) is 4.20. The molecular weight excluding hydrogens is 414 g/mol. The van der Waals surface area contributed by atoms with Crippen molar-refractivity contribution in [3.63, 3.8) is 0 Å². The number of carbonyl (C=O) groups excluding carboxylic acids is 1. The van der Waals surface area contributed by atoms with E-state index in [1.165, 1.54) is 30.2 Å². The third kappa shape index (κ3) is 6.29. The molecule has 1 unspecified atom stereocenters. The maximum absolute atomic E-state index is 12.8. The predicted octanol–water partition coefficient (Wildman–Crippen LogP) is 4.39. The first-order valence-electron chi connectivity index (χ1n) is 11.6. The van der Waals surface area contributed by atoms with Crippen molar-refractivity contribution in [3.8, 4) is 17.6 Å². The van der Waals surface area contributed by atoms with Gasteiger partial charge in [0.2, 0.25) is 0 Å². The molecule has 0 bridgehead atoms. The molecule has 0 fully saturated rings. The summed E-state index contributed by atoms with van der Waals surface area (Å²) in [5.74, 6) is 0.998. The molecule has 0 heterocycles. The van der Waals surface area contributed by atoms with Gasteiger partial charge in [-0.2, -0.15) is 5.26 Å². The largest absolute Gasteiger partial charge is 0.493 e. The van der Waals surface area contributed by atoms with E-state index >= 15 is 0 Å². The number of benzene rings is 2. The van der Waals surface area contributed by atoms with Gasteiger partial charge in [-0.25, -0.2) is 0 Å². The second-order valence-corrected chi connectivity index (χ2v) is 8.23. The van der Waals surface area contributed by atoms with Crippen LogP contribution in [-0.2, 0) is 24.1 Å². The SMILES string of the molecule is CCC(NC(=O)/C(C#N)=C\NCCc1ccc(OC)c(OC)c1)c1ccc2c(c1)CCCC2. The van der Waals surface area contributed by atoms with Gasteiger partial charge in [0, 0.05) is 12.7 Å². The van der Waals surface area contributed by atoms with Gasteiger partial charge in [-0.1, -0.05) is 31.2 Å². The Morgan fingerprint density at radius 1 is 1.09 bits per heavy atom. The monoisotopic (exact) mass is 447 g/mol. The van der Waals surface area contributed by atoms with Gasteiger partial charge in [0.1, 0.15) is 11.6 Å². The van der Waals surface area contributed by atoms with E-state index in [0.717, 1.165) is 30.4 Å². The van der Waals surface area contributed by atoms with Gasteiger partial charge < -0.3 is 20.1 Å². The van der Waals surface area contributed by atoms with Crippen molar-refractivity contribution >= 4 is 5.91 Å². The Kier molecular flexibility index (Phi) is 8.77.